The summed E-state index contributed by atoms with van der Waals surface area (Å²) in [7, 11) is 2.01. The van der Waals surface area contributed by atoms with Gasteiger partial charge in [0.1, 0.15) is 17.1 Å². The third-order valence-corrected chi connectivity index (χ3v) is 4.13. The zero-order chi connectivity index (χ0) is 14.3. The van der Waals surface area contributed by atoms with Gasteiger partial charge < -0.3 is 9.52 Å². The van der Waals surface area contributed by atoms with Gasteiger partial charge in [-0.05, 0) is 37.6 Å². The molecule has 1 aliphatic heterocycles. The lowest BCUT2D eigenvalue weighted by Gasteiger charge is -2.37. The number of fused-ring (bicyclic) bond motifs is 1. The number of β-amino-alcohol motifs (C(OH)–C–C–N with tert-alkyl or cyclic N) is 1. The van der Waals surface area contributed by atoms with Gasteiger partial charge in [0.25, 0.3) is 0 Å². The van der Waals surface area contributed by atoms with Crippen molar-refractivity contribution in [1.82, 2.24) is 4.90 Å². The largest absolute Gasteiger partial charge is 0.465 e. The fraction of sp³-hybridized carbons (Fsp3) is 0.412. The van der Waals surface area contributed by atoms with Crippen molar-refractivity contribution < 1.29 is 9.52 Å². The normalized spacial score (nSPS) is 22.8. The van der Waals surface area contributed by atoms with E-state index < -0.39 is 5.60 Å². The fourth-order valence-electron chi connectivity index (χ4n) is 3.07. The summed E-state index contributed by atoms with van der Waals surface area (Å²) < 4.78 is 5.74. The van der Waals surface area contributed by atoms with E-state index in [9.17, 15) is 5.11 Å². The molecule has 106 valence electrons. The Labute approximate surface area is 119 Å². The molecule has 1 aromatic heterocycles. The summed E-state index contributed by atoms with van der Waals surface area (Å²) in [6, 6.07) is 10.2. The van der Waals surface area contributed by atoms with Crippen LogP contribution in [0.3, 0.4) is 0 Å². The quantitative estimate of drug-likeness (QED) is 0.912. The maximum atomic E-state index is 11.2. The van der Waals surface area contributed by atoms with Crippen molar-refractivity contribution in [2.24, 2.45) is 0 Å². The molecule has 20 heavy (non-hydrogen) atoms. The Morgan fingerprint density at radius 1 is 1.30 bits per heavy atom. The average Bonchev–Trinajstić information content (AvgIpc) is 2.80. The van der Waals surface area contributed by atoms with Crippen LogP contribution >= 0.6 is 0 Å². The summed E-state index contributed by atoms with van der Waals surface area (Å²) in [5.41, 5.74) is 2.15. The van der Waals surface area contributed by atoms with Crippen molar-refractivity contribution in [2.75, 3.05) is 13.6 Å². The van der Waals surface area contributed by atoms with Crippen LogP contribution in [0.1, 0.15) is 35.1 Å². The molecule has 1 unspecified atom stereocenters. The van der Waals surface area contributed by atoms with E-state index in [-0.39, 0.29) is 0 Å². The van der Waals surface area contributed by atoms with Gasteiger partial charge in [-0.1, -0.05) is 31.2 Å². The van der Waals surface area contributed by atoms with Crippen molar-refractivity contribution in [1.29, 1.82) is 0 Å². The van der Waals surface area contributed by atoms with Crippen LogP contribution in [-0.2, 0) is 18.6 Å². The number of benzene rings is 1. The Morgan fingerprint density at radius 2 is 2.00 bits per heavy atom. The summed E-state index contributed by atoms with van der Waals surface area (Å²) in [6.45, 7) is 5.40. The minimum Gasteiger partial charge on any atom is -0.465 e. The lowest BCUT2D eigenvalue weighted by molar-refractivity contribution is 0.0234. The van der Waals surface area contributed by atoms with Gasteiger partial charge in [0.2, 0.25) is 0 Å². The molecule has 3 nitrogen and oxygen atoms in total. The third kappa shape index (κ3) is 2.07. The first-order valence-corrected chi connectivity index (χ1v) is 7.13. The number of aryl methyl sites for hydroxylation is 2. The van der Waals surface area contributed by atoms with E-state index >= 15 is 0 Å². The number of likely N-dealkylation sites (N-methyl/N-ethyl adjacent to an activating group) is 1. The van der Waals surface area contributed by atoms with Crippen molar-refractivity contribution >= 4 is 0 Å². The molecule has 0 amide bonds. The Morgan fingerprint density at radius 3 is 2.65 bits per heavy atom. The van der Waals surface area contributed by atoms with Gasteiger partial charge in [-0.25, -0.2) is 0 Å². The van der Waals surface area contributed by atoms with Crippen LogP contribution < -0.4 is 0 Å². The van der Waals surface area contributed by atoms with Gasteiger partial charge in [0, 0.05) is 12.1 Å². The van der Waals surface area contributed by atoms with Gasteiger partial charge in [0.05, 0.1) is 6.54 Å². The van der Waals surface area contributed by atoms with E-state index in [2.05, 4.69) is 24.0 Å². The molecule has 2 aromatic rings. The molecule has 1 N–H and O–H groups in total. The molecule has 0 spiro atoms. The molecule has 3 heteroatoms. The predicted octanol–water partition coefficient (Wildman–Crippen LogP) is 2.83. The molecule has 1 atom stereocenters. The highest BCUT2D eigenvalue weighted by atomic mass is 16.3. The van der Waals surface area contributed by atoms with Crippen molar-refractivity contribution in [2.45, 2.75) is 32.4 Å². The Bertz CT molecular complexity index is 614. The molecular weight excluding hydrogens is 250 g/mol. The number of hydrogen-bond acceptors (Lipinski definition) is 3. The van der Waals surface area contributed by atoms with Gasteiger partial charge >= 0.3 is 0 Å². The van der Waals surface area contributed by atoms with E-state index in [1.165, 1.54) is 5.56 Å². The van der Waals surface area contributed by atoms with E-state index in [1.807, 2.05) is 32.2 Å². The van der Waals surface area contributed by atoms with E-state index in [1.54, 1.807) is 0 Å². The maximum Gasteiger partial charge on any atom is 0.131 e. The molecule has 3 rings (SSSR count). The molecule has 0 saturated carbocycles. The van der Waals surface area contributed by atoms with E-state index in [0.29, 0.717) is 6.54 Å². The topological polar surface area (TPSA) is 36.6 Å². The number of rotatable bonds is 2. The summed E-state index contributed by atoms with van der Waals surface area (Å²) in [5.74, 6) is 1.73. The zero-order valence-corrected chi connectivity index (χ0v) is 12.3. The van der Waals surface area contributed by atoms with Gasteiger partial charge in [0.15, 0.2) is 0 Å². The molecule has 0 radical (unpaired) electrons. The molecule has 2 heterocycles. The van der Waals surface area contributed by atoms with E-state index in [0.717, 1.165) is 35.6 Å². The second-order valence-corrected chi connectivity index (χ2v) is 5.78. The summed E-state index contributed by atoms with van der Waals surface area (Å²) >= 11 is 0. The van der Waals surface area contributed by atoms with E-state index in [4.69, 9.17) is 4.42 Å². The van der Waals surface area contributed by atoms with Crippen LogP contribution in [0.4, 0.5) is 0 Å². The first-order valence-electron chi connectivity index (χ1n) is 7.13. The number of aliphatic hydroxyl groups is 1. The van der Waals surface area contributed by atoms with Crippen LogP contribution in [-0.4, -0.2) is 23.6 Å². The third-order valence-electron chi connectivity index (χ3n) is 4.13. The van der Waals surface area contributed by atoms with Gasteiger partial charge in [-0.3, -0.25) is 4.90 Å². The van der Waals surface area contributed by atoms with Crippen LogP contribution in [0.15, 0.2) is 34.7 Å². The van der Waals surface area contributed by atoms with Crippen LogP contribution in [0.5, 0.6) is 0 Å². The molecule has 1 aliphatic rings. The number of hydrogen-bond donors (Lipinski definition) is 1. The van der Waals surface area contributed by atoms with Crippen LogP contribution in [0, 0.1) is 6.92 Å². The van der Waals surface area contributed by atoms with Crippen molar-refractivity contribution in [3.63, 3.8) is 0 Å². The first kappa shape index (κ1) is 13.4. The maximum absolute atomic E-state index is 11.2. The minimum atomic E-state index is -0.980. The number of furan rings is 1. The lowest BCUT2D eigenvalue weighted by Crippen LogP contribution is -2.44. The average molecular weight is 271 g/mol. The standard InChI is InChI=1S/C17H21NO2/c1-4-13-5-7-14(8-6-13)17(19)11-18(3)10-16-15(17)9-12(2)20-16/h5-9,19H,4,10-11H2,1-3H3. The monoisotopic (exact) mass is 271 g/mol. The molecule has 0 aliphatic carbocycles. The first-order chi connectivity index (χ1) is 9.53. The Balaban J connectivity index is 2.09. The molecular formula is C17H21NO2. The zero-order valence-electron chi connectivity index (χ0n) is 12.3. The molecule has 0 bridgehead atoms. The van der Waals surface area contributed by atoms with Crippen LogP contribution in [0.25, 0.3) is 0 Å². The molecule has 0 fully saturated rings. The second kappa shape index (κ2) is 4.76. The second-order valence-electron chi connectivity index (χ2n) is 5.78. The smallest absolute Gasteiger partial charge is 0.131 e. The Kier molecular flexibility index (Phi) is 3.19. The number of nitrogens with zero attached hydrogens (tertiary/aromatic N) is 1. The minimum absolute atomic E-state index is 0.588. The highest BCUT2D eigenvalue weighted by Gasteiger charge is 2.40. The van der Waals surface area contributed by atoms with Crippen molar-refractivity contribution in [3.8, 4) is 0 Å². The predicted molar refractivity (Wildman–Crippen MR) is 78.6 cm³/mol. The summed E-state index contributed by atoms with van der Waals surface area (Å²) in [4.78, 5) is 2.10. The fourth-order valence-corrected chi connectivity index (χ4v) is 3.07. The van der Waals surface area contributed by atoms with Gasteiger partial charge in [-0.15, -0.1) is 0 Å². The Hall–Kier alpha value is -1.58. The SMILES string of the molecule is CCc1ccc(C2(O)CN(C)Cc3oc(C)cc32)cc1. The highest BCUT2D eigenvalue weighted by molar-refractivity contribution is 5.42. The highest BCUT2D eigenvalue weighted by Crippen LogP contribution is 2.38. The summed E-state index contributed by atoms with van der Waals surface area (Å²) in [5, 5.41) is 11.2. The van der Waals surface area contributed by atoms with Crippen LogP contribution in [0.2, 0.25) is 0 Å². The summed E-state index contributed by atoms with van der Waals surface area (Å²) in [6.07, 6.45) is 1.01. The molecule has 0 saturated heterocycles. The molecule has 1 aromatic carbocycles. The lowest BCUT2D eigenvalue weighted by atomic mass is 9.83. The van der Waals surface area contributed by atoms with Crippen molar-refractivity contribution in [3.05, 3.63) is 58.5 Å². The van der Waals surface area contributed by atoms with Gasteiger partial charge in [-0.2, -0.15) is 0 Å².